The van der Waals surface area contributed by atoms with Crippen molar-refractivity contribution in [3.05, 3.63) is 0 Å². The average Bonchev–Trinajstić information content (AvgIpc) is 2.42. The zero-order valence-electron chi connectivity index (χ0n) is 12.1. The van der Waals surface area contributed by atoms with Crippen molar-refractivity contribution in [3.63, 3.8) is 0 Å². The lowest BCUT2D eigenvalue weighted by Crippen LogP contribution is -2.86. The van der Waals surface area contributed by atoms with Crippen molar-refractivity contribution in [3.8, 4) is 0 Å². The third-order valence-electron chi connectivity index (χ3n) is 3.44. The Morgan fingerprint density at radius 3 is 1.10 bits per heavy atom. The van der Waals surface area contributed by atoms with Crippen LogP contribution in [0.1, 0.15) is 0 Å². The Balaban J connectivity index is 4.00. The number of halogens is 17. The van der Waals surface area contributed by atoms with Gasteiger partial charge in [0.2, 0.25) is 0 Å². The van der Waals surface area contributed by atoms with Crippen molar-refractivity contribution in [2.45, 2.75) is 47.1 Å². The molecule has 0 N–H and O–H groups in total. The van der Waals surface area contributed by atoms with E-state index in [1.165, 1.54) is 0 Å². The Hall–Kier alpha value is -1.28. The first-order valence-corrected chi connectivity index (χ1v) is 7.27. The summed E-state index contributed by atoms with van der Waals surface area (Å²) >= 11 is 0. The van der Waals surface area contributed by atoms with Crippen molar-refractivity contribution in [2.24, 2.45) is 0 Å². The lowest BCUT2D eigenvalue weighted by Gasteiger charge is -2.53. The van der Waals surface area contributed by atoms with E-state index in [1.807, 2.05) is 0 Å². The summed E-state index contributed by atoms with van der Waals surface area (Å²) in [5.74, 6) is -32.5. The van der Waals surface area contributed by atoms with E-state index in [2.05, 4.69) is 0 Å². The number of nitrogens with zero attached hydrogens (tertiary/aromatic N) is 1. The van der Waals surface area contributed by atoms with E-state index in [4.69, 9.17) is 0 Å². The first-order chi connectivity index (χ1) is 12.1. The summed E-state index contributed by atoms with van der Waals surface area (Å²) in [5, 5.41) is -7.97. The number of alkyl halides is 16. The monoisotopic (exact) mass is 497 g/mol. The van der Waals surface area contributed by atoms with E-state index in [9.17, 15) is 82.6 Å². The standard InChI is InChI=1S/C8F17NO2S/c9-1(10)2(11,12)5(17,18)26(6(19,20)3(1,13)14)7(21,22)4(15,16)8(23,24)29(25,27)28. The van der Waals surface area contributed by atoms with E-state index in [0.717, 1.165) is 0 Å². The van der Waals surface area contributed by atoms with Gasteiger partial charge in [-0.3, -0.25) is 0 Å². The number of rotatable bonds is 4. The Morgan fingerprint density at radius 2 is 0.862 bits per heavy atom. The minimum Gasteiger partial charge on any atom is -0.192 e. The van der Waals surface area contributed by atoms with Crippen LogP contribution in [0, 0.1) is 0 Å². The van der Waals surface area contributed by atoms with Gasteiger partial charge in [0, 0.05) is 0 Å². The third kappa shape index (κ3) is 2.57. The van der Waals surface area contributed by atoms with Gasteiger partial charge in [-0.05, 0) is 0 Å². The molecule has 174 valence electrons. The SMILES string of the molecule is O=S(=O)(F)C(F)(F)C(F)(F)C(F)(F)N1C(F)(F)C(F)(F)C(F)(F)C(F)(F)C1(F)F. The Kier molecular flexibility index (Phi) is 5.06. The fourth-order valence-electron chi connectivity index (χ4n) is 1.85. The Labute approximate surface area is 146 Å². The van der Waals surface area contributed by atoms with E-state index >= 15 is 0 Å². The summed E-state index contributed by atoms with van der Waals surface area (Å²) in [5.41, 5.74) is 0. The van der Waals surface area contributed by atoms with Crippen LogP contribution in [0.3, 0.4) is 0 Å². The Morgan fingerprint density at radius 1 is 0.586 bits per heavy atom. The van der Waals surface area contributed by atoms with Crippen LogP contribution in [-0.2, 0) is 10.2 Å². The van der Waals surface area contributed by atoms with Crippen LogP contribution in [0.15, 0.2) is 0 Å². The summed E-state index contributed by atoms with van der Waals surface area (Å²) in [6, 6.07) is -24.8. The predicted molar refractivity (Wildman–Crippen MR) is 51.4 cm³/mol. The lowest BCUT2D eigenvalue weighted by atomic mass is 9.92. The molecule has 21 heteroatoms. The number of likely N-dealkylation sites (tertiary alicyclic amines) is 1. The molecular weight excluding hydrogens is 497 g/mol. The van der Waals surface area contributed by atoms with Gasteiger partial charge in [0.25, 0.3) is 0 Å². The van der Waals surface area contributed by atoms with Gasteiger partial charge >= 0.3 is 57.3 Å². The van der Waals surface area contributed by atoms with Gasteiger partial charge in [0.1, 0.15) is 0 Å². The van der Waals surface area contributed by atoms with Crippen molar-refractivity contribution in [2.75, 3.05) is 0 Å². The van der Waals surface area contributed by atoms with Crippen LogP contribution >= 0.6 is 0 Å². The molecule has 0 unspecified atom stereocenters. The highest BCUT2D eigenvalue weighted by Gasteiger charge is 3.00. The van der Waals surface area contributed by atoms with Crippen LogP contribution in [0.25, 0.3) is 0 Å². The molecule has 1 saturated heterocycles. The van der Waals surface area contributed by atoms with Gasteiger partial charge in [0.15, 0.2) is 0 Å². The second kappa shape index (κ2) is 5.69. The number of hydrogen-bond donors (Lipinski definition) is 0. The minimum atomic E-state index is -8.51. The molecule has 3 nitrogen and oxygen atoms in total. The topological polar surface area (TPSA) is 37.4 Å². The molecule has 1 aliphatic rings. The van der Waals surface area contributed by atoms with Gasteiger partial charge in [-0.15, -0.1) is 4.90 Å². The third-order valence-corrected chi connectivity index (χ3v) is 4.31. The first-order valence-electron chi connectivity index (χ1n) is 5.89. The molecule has 0 aromatic carbocycles. The highest BCUT2D eigenvalue weighted by Crippen LogP contribution is 2.68. The molecule has 0 aliphatic carbocycles. The van der Waals surface area contributed by atoms with Crippen LogP contribution in [-0.4, -0.2) is 60.4 Å². The number of piperidine rings is 1. The average molecular weight is 497 g/mol. The molecule has 1 rings (SSSR count). The predicted octanol–water partition coefficient (Wildman–Crippen LogP) is 4.51. The molecule has 0 aromatic heterocycles. The van der Waals surface area contributed by atoms with Crippen molar-refractivity contribution < 1.29 is 82.6 Å². The molecule has 1 heterocycles. The van der Waals surface area contributed by atoms with E-state index < -0.39 is 62.2 Å². The summed E-state index contributed by atoms with van der Waals surface area (Å²) in [6.45, 7) is 0. The molecule has 1 aliphatic heterocycles. The van der Waals surface area contributed by atoms with Crippen LogP contribution in [0.4, 0.5) is 74.1 Å². The van der Waals surface area contributed by atoms with E-state index in [0.29, 0.717) is 0 Å². The first kappa shape index (κ1) is 25.8. The molecule has 29 heavy (non-hydrogen) atoms. The minimum absolute atomic E-state index is 4.70. The quantitative estimate of drug-likeness (QED) is 0.326. The van der Waals surface area contributed by atoms with Crippen LogP contribution in [0.2, 0.25) is 0 Å². The van der Waals surface area contributed by atoms with Gasteiger partial charge in [-0.1, -0.05) is 3.89 Å². The maximum atomic E-state index is 13.4. The largest absolute Gasteiger partial charge is 0.444 e. The molecule has 0 bridgehead atoms. The molecular formula is C8F17NO2S. The zero-order valence-corrected chi connectivity index (χ0v) is 12.9. The van der Waals surface area contributed by atoms with Crippen molar-refractivity contribution in [1.82, 2.24) is 4.90 Å². The smallest absolute Gasteiger partial charge is 0.192 e. The second-order valence-corrected chi connectivity index (χ2v) is 6.60. The highest BCUT2D eigenvalue weighted by atomic mass is 32.3. The maximum absolute atomic E-state index is 13.4. The fourth-order valence-corrected chi connectivity index (χ4v) is 2.28. The molecule has 0 amide bonds. The molecule has 0 atom stereocenters. The molecule has 0 radical (unpaired) electrons. The summed E-state index contributed by atoms with van der Waals surface area (Å²) in [7, 11) is -8.34. The molecule has 0 aromatic rings. The zero-order chi connectivity index (χ0) is 24.1. The van der Waals surface area contributed by atoms with E-state index in [-0.39, 0.29) is 0 Å². The molecule has 0 spiro atoms. The van der Waals surface area contributed by atoms with Gasteiger partial charge in [-0.25, -0.2) is 0 Å². The Bertz CT molecular complexity index is 755. The normalized spacial score (nSPS) is 26.9. The van der Waals surface area contributed by atoms with Gasteiger partial charge in [0.05, 0.1) is 0 Å². The van der Waals surface area contributed by atoms with Gasteiger partial charge in [-0.2, -0.15) is 78.7 Å². The van der Waals surface area contributed by atoms with Crippen LogP contribution in [0.5, 0.6) is 0 Å². The summed E-state index contributed by atoms with van der Waals surface area (Å²) in [6.07, 6.45) is 0. The van der Waals surface area contributed by atoms with E-state index in [1.54, 1.807) is 0 Å². The highest BCUT2D eigenvalue weighted by molar-refractivity contribution is 7.87. The summed E-state index contributed by atoms with van der Waals surface area (Å²) in [4.78, 5) is -4.70. The summed E-state index contributed by atoms with van der Waals surface area (Å²) < 4.78 is 241. The second-order valence-electron chi connectivity index (χ2n) is 5.21. The van der Waals surface area contributed by atoms with Crippen LogP contribution < -0.4 is 0 Å². The molecule has 1 fully saturated rings. The van der Waals surface area contributed by atoms with Crippen molar-refractivity contribution >= 4 is 10.2 Å². The van der Waals surface area contributed by atoms with Gasteiger partial charge < -0.3 is 0 Å². The molecule has 0 saturated carbocycles. The lowest BCUT2D eigenvalue weighted by molar-refractivity contribution is -0.550. The fraction of sp³-hybridized carbons (Fsp3) is 1.00. The maximum Gasteiger partial charge on any atom is 0.444 e. The number of hydrogen-bond acceptors (Lipinski definition) is 3. The van der Waals surface area contributed by atoms with Crippen molar-refractivity contribution in [1.29, 1.82) is 0 Å².